The van der Waals surface area contributed by atoms with Gasteiger partial charge in [-0.25, -0.2) is 4.98 Å². The van der Waals surface area contributed by atoms with Crippen molar-refractivity contribution in [1.82, 2.24) is 14.9 Å². The number of aryl methyl sites for hydroxylation is 1. The summed E-state index contributed by atoms with van der Waals surface area (Å²) < 4.78 is 3.02. The second kappa shape index (κ2) is 5.87. The molecular weight excluding hydrogens is 314 g/mol. The van der Waals surface area contributed by atoms with Crippen molar-refractivity contribution >= 4 is 27.5 Å². The molecule has 1 aromatic heterocycles. The van der Waals surface area contributed by atoms with Crippen LogP contribution >= 0.6 is 27.5 Å². The van der Waals surface area contributed by atoms with E-state index in [1.54, 1.807) is 0 Å². The lowest BCUT2D eigenvalue weighted by Gasteiger charge is -2.17. The number of aromatic nitrogens is 2. The van der Waals surface area contributed by atoms with Gasteiger partial charge in [0.25, 0.3) is 0 Å². The van der Waals surface area contributed by atoms with Crippen LogP contribution in [-0.2, 0) is 13.5 Å². The molecule has 1 atom stereocenters. The number of hydrogen-bond acceptors (Lipinski definition) is 2. The van der Waals surface area contributed by atoms with E-state index < -0.39 is 0 Å². The van der Waals surface area contributed by atoms with Gasteiger partial charge in [0.2, 0.25) is 0 Å². The van der Waals surface area contributed by atoms with Crippen molar-refractivity contribution in [2.24, 2.45) is 7.05 Å². The molecule has 0 bridgehead atoms. The topological polar surface area (TPSA) is 29.9 Å². The zero-order chi connectivity index (χ0) is 13.1. The summed E-state index contributed by atoms with van der Waals surface area (Å²) in [5.74, 6) is 0. The Hall–Kier alpha value is -0.840. The molecule has 1 aromatic carbocycles. The average molecular weight is 329 g/mol. The molecule has 0 radical (unpaired) electrons. The van der Waals surface area contributed by atoms with Gasteiger partial charge in [0.1, 0.15) is 0 Å². The van der Waals surface area contributed by atoms with Crippen molar-refractivity contribution in [3.8, 4) is 0 Å². The molecule has 0 aliphatic heterocycles. The van der Waals surface area contributed by atoms with Gasteiger partial charge in [0.05, 0.1) is 18.1 Å². The summed E-state index contributed by atoms with van der Waals surface area (Å²) in [6.45, 7) is 0. The van der Waals surface area contributed by atoms with Crippen molar-refractivity contribution in [2.45, 2.75) is 12.5 Å². The van der Waals surface area contributed by atoms with Crippen molar-refractivity contribution in [3.05, 3.63) is 51.5 Å². The van der Waals surface area contributed by atoms with E-state index in [0.717, 1.165) is 27.2 Å². The summed E-state index contributed by atoms with van der Waals surface area (Å²) in [6.07, 6.45) is 4.53. The van der Waals surface area contributed by atoms with Crippen LogP contribution in [0.1, 0.15) is 17.3 Å². The van der Waals surface area contributed by atoms with Crippen molar-refractivity contribution < 1.29 is 0 Å². The first kappa shape index (κ1) is 13.6. The van der Waals surface area contributed by atoms with Gasteiger partial charge in [-0.3, -0.25) is 0 Å². The molecule has 2 rings (SSSR count). The first-order valence-corrected chi connectivity index (χ1v) is 6.86. The Labute approximate surface area is 120 Å². The van der Waals surface area contributed by atoms with Gasteiger partial charge in [0, 0.05) is 22.7 Å². The van der Waals surface area contributed by atoms with Gasteiger partial charge in [-0.1, -0.05) is 33.6 Å². The molecule has 5 heteroatoms. The molecule has 0 aliphatic carbocycles. The molecule has 0 saturated carbocycles. The van der Waals surface area contributed by atoms with Gasteiger partial charge in [-0.05, 0) is 31.2 Å². The van der Waals surface area contributed by atoms with Crippen LogP contribution in [0.3, 0.4) is 0 Å². The monoisotopic (exact) mass is 327 g/mol. The van der Waals surface area contributed by atoms with Gasteiger partial charge in [-0.2, -0.15) is 0 Å². The highest BCUT2D eigenvalue weighted by Crippen LogP contribution is 2.26. The number of hydrogen-bond donors (Lipinski definition) is 1. The van der Waals surface area contributed by atoms with Crippen LogP contribution in [-0.4, -0.2) is 16.6 Å². The molecule has 0 spiro atoms. The van der Waals surface area contributed by atoms with E-state index in [2.05, 4.69) is 26.2 Å². The van der Waals surface area contributed by atoms with Gasteiger partial charge >= 0.3 is 0 Å². The van der Waals surface area contributed by atoms with E-state index in [0.29, 0.717) is 0 Å². The van der Waals surface area contributed by atoms with Crippen LogP contribution in [0.5, 0.6) is 0 Å². The number of nitrogens with one attached hydrogen (secondary N) is 1. The van der Waals surface area contributed by atoms with Crippen molar-refractivity contribution in [2.75, 3.05) is 7.05 Å². The molecular formula is C13H15BrClN3. The van der Waals surface area contributed by atoms with Crippen LogP contribution < -0.4 is 5.32 Å². The first-order valence-electron chi connectivity index (χ1n) is 5.69. The smallest absolute Gasteiger partial charge is 0.0946 e. The molecule has 2 aromatic rings. The highest BCUT2D eigenvalue weighted by Gasteiger charge is 2.15. The minimum atomic E-state index is 0.205. The van der Waals surface area contributed by atoms with E-state index in [9.17, 15) is 0 Å². The minimum Gasteiger partial charge on any atom is -0.336 e. The van der Waals surface area contributed by atoms with Crippen LogP contribution in [0.15, 0.2) is 35.2 Å². The molecule has 0 fully saturated rings. The Balaban J connectivity index is 2.23. The summed E-state index contributed by atoms with van der Waals surface area (Å²) >= 11 is 9.67. The van der Waals surface area contributed by atoms with E-state index in [1.165, 1.54) is 0 Å². The van der Waals surface area contributed by atoms with E-state index in [1.807, 2.05) is 49.4 Å². The van der Waals surface area contributed by atoms with Gasteiger partial charge in [-0.15, -0.1) is 0 Å². The fourth-order valence-electron chi connectivity index (χ4n) is 1.96. The molecule has 18 heavy (non-hydrogen) atoms. The lowest BCUT2D eigenvalue weighted by molar-refractivity contribution is 0.555. The Kier molecular flexibility index (Phi) is 4.43. The SMILES string of the molecule is CNC(Cc1ccc(Br)cc1Cl)c1cncn1C. The van der Waals surface area contributed by atoms with Crippen LogP contribution in [0.2, 0.25) is 5.02 Å². The van der Waals surface area contributed by atoms with E-state index in [-0.39, 0.29) is 6.04 Å². The van der Waals surface area contributed by atoms with E-state index in [4.69, 9.17) is 11.6 Å². The predicted octanol–water partition coefficient (Wildman–Crippen LogP) is 3.34. The average Bonchev–Trinajstić information content (AvgIpc) is 2.75. The summed E-state index contributed by atoms with van der Waals surface area (Å²) in [5, 5.41) is 4.09. The van der Waals surface area contributed by atoms with Gasteiger partial charge < -0.3 is 9.88 Å². The molecule has 1 unspecified atom stereocenters. The number of rotatable bonds is 4. The Morgan fingerprint density at radius 1 is 1.50 bits per heavy atom. The predicted molar refractivity (Wildman–Crippen MR) is 77.9 cm³/mol. The van der Waals surface area contributed by atoms with Crippen molar-refractivity contribution in [1.29, 1.82) is 0 Å². The van der Waals surface area contributed by atoms with Crippen LogP contribution in [0.4, 0.5) is 0 Å². The number of nitrogens with zero attached hydrogens (tertiary/aromatic N) is 2. The number of likely N-dealkylation sites (N-methyl/N-ethyl adjacent to an activating group) is 1. The number of imidazole rings is 1. The standard InChI is InChI=1S/C13H15BrClN3/c1-16-12(13-7-17-8-18(13)2)5-9-3-4-10(14)6-11(9)15/h3-4,6-8,12,16H,5H2,1-2H3. The minimum absolute atomic E-state index is 0.205. The normalized spacial score (nSPS) is 12.7. The molecule has 0 amide bonds. The summed E-state index contributed by atoms with van der Waals surface area (Å²) in [5.41, 5.74) is 2.27. The van der Waals surface area contributed by atoms with Crippen LogP contribution in [0, 0.1) is 0 Å². The van der Waals surface area contributed by atoms with Gasteiger partial charge in [0.15, 0.2) is 0 Å². The third-order valence-corrected chi connectivity index (χ3v) is 3.84. The maximum Gasteiger partial charge on any atom is 0.0946 e. The molecule has 0 aliphatic rings. The largest absolute Gasteiger partial charge is 0.336 e. The molecule has 96 valence electrons. The zero-order valence-electron chi connectivity index (χ0n) is 10.3. The Morgan fingerprint density at radius 3 is 2.83 bits per heavy atom. The molecule has 1 N–H and O–H groups in total. The Bertz CT molecular complexity index is 539. The third-order valence-electron chi connectivity index (χ3n) is 3.00. The maximum atomic E-state index is 6.25. The summed E-state index contributed by atoms with van der Waals surface area (Å²) in [6, 6.07) is 6.19. The second-order valence-corrected chi connectivity index (χ2v) is 5.53. The van der Waals surface area contributed by atoms with Crippen molar-refractivity contribution in [3.63, 3.8) is 0 Å². The number of benzene rings is 1. The zero-order valence-corrected chi connectivity index (χ0v) is 12.7. The summed E-state index contributed by atoms with van der Waals surface area (Å²) in [4.78, 5) is 4.15. The second-order valence-electron chi connectivity index (χ2n) is 4.21. The lowest BCUT2D eigenvalue weighted by atomic mass is 10.0. The molecule has 3 nitrogen and oxygen atoms in total. The highest BCUT2D eigenvalue weighted by molar-refractivity contribution is 9.10. The quantitative estimate of drug-likeness (QED) is 0.933. The fraction of sp³-hybridized carbons (Fsp3) is 0.308. The first-order chi connectivity index (χ1) is 8.61. The molecule has 1 heterocycles. The Morgan fingerprint density at radius 2 is 2.28 bits per heavy atom. The number of halogens is 2. The summed E-state index contributed by atoms with van der Waals surface area (Å²) in [7, 11) is 3.94. The highest BCUT2D eigenvalue weighted by atomic mass is 79.9. The fourth-order valence-corrected chi connectivity index (χ4v) is 2.72. The lowest BCUT2D eigenvalue weighted by Crippen LogP contribution is -2.21. The van der Waals surface area contributed by atoms with Crippen LogP contribution in [0.25, 0.3) is 0 Å². The third kappa shape index (κ3) is 2.94. The maximum absolute atomic E-state index is 6.25. The van der Waals surface area contributed by atoms with E-state index >= 15 is 0 Å². The molecule has 0 saturated heterocycles.